The number of thioether (sulfide) groups is 1. The van der Waals surface area contributed by atoms with Crippen LogP contribution in [0.25, 0.3) is 10.2 Å². The number of thiazole rings is 1. The van der Waals surface area contributed by atoms with Gasteiger partial charge in [-0.3, -0.25) is 9.59 Å². The molecule has 0 amide bonds. The molecule has 0 aliphatic carbocycles. The minimum atomic E-state index is -1.23. The van der Waals surface area contributed by atoms with E-state index in [1.165, 1.54) is 12.1 Å². The first kappa shape index (κ1) is 13.8. The summed E-state index contributed by atoms with van der Waals surface area (Å²) < 4.78 is 14.4. The van der Waals surface area contributed by atoms with Gasteiger partial charge in [0.25, 0.3) is 0 Å². The number of benzene rings is 1. The summed E-state index contributed by atoms with van der Waals surface area (Å²) >= 11 is 1.96. The van der Waals surface area contributed by atoms with Gasteiger partial charge in [-0.05, 0) is 12.1 Å². The first-order valence-corrected chi connectivity index (χ1v) is 6.83. The third-order valence-corrected chi connectivity index (χ3v) is 4.53. The molecule has 8 heteroatoms. The summed E-state index contributed by atoms with van der Waals surface area (Å²) in [5, 5.41) is 16.4. The summed E-state index contributed by atoms with van der Waals surface area (Å²) in [6, 6.07) is 4.48. The highest BCUT2D eigenvalue weighted by Gasteiger charge is 2.24. The van der Waals surface area contributed by atoms with E-state index in [0.717, 1.165) is 23.1 Å². The predicted octanol–water partition coefficient (Wildman–Crippen LogP) is 2.46. The minimum Gasteiger partial charge on any atom is -0.481 e. The van der Waals surface area contributed by atoms with Gasteiger partial charge in [0.05, 0.1) is 11.1 Å². The van der Waals surface area contributed by atoms with Gasteiger partial charge >= 0.3 is 11.9 Å². The minimum absolute atomic E-state index is 0.175. The van der Waals surface area contributed by atoms with Gasteiger partial charge in [-0.25, -0.2) is 9.37 Å². The van der Waals surface area contributed by atoms with Crippen molar-refractivity contribution in [1.82, 2.24) is 4.98 Å². The van der Waals surface area contributed by atoms with Crippen molar-refractivity contribution in [3.63, 3.8) is 0 Å². The van der Waals surface area contributed by atoms with E-state index in [4.69, 9.17) is 10.2 Å². The molecule has 0 spiro atoms. The van der Waals surface area contributed by atoms with E-state index in [-0.39, 0.29) is 5.52 Å². The molecular formula is C11H8FNO4S2. The molecule has 1 atom stereocenters. The van der Waals surface area contributed by atoms with Crippen molar-refractivity contribution in [2.45, 2.75) is 16.0 Å². The zero-order chi connectivity index (χ0) is 14.0. The molecule has 0 radical (unpaired) electrons. The second-order valence-corrected chi connectivity index (χ2v) is 6.09. The maximum atomic E-state index is 13.4. The molecule has 1 heterocycles. The summed E-state index contributed by atoms with van der Waals surface area (Å²) in [4.78, 5) is 25.5. The third kappa shape index (κ3) is 3.21. The summed E-state index contributed by atoms with van der Waals surface area (Å²) in [6.45, 7) is 0. The second kappa shape index (κ2) is 5.54. The number of hydrogen-bond donors (Lipinski definition) is 2. The maximum Gasteiger partial charge on any atom is 0.317 e. The zero-order valence-electron chi connectivity index (χ0n) is 9.37. The number of carbonyl (C=O) groups is 2. The summed E-state index contributed by atoms with van der Waals surface area (Å²) in [5.74, 6) is -2.91. The molecule has 0 fully saturated rings. The van der Waals surface area contributed by atoms with Crippen molar-refractivity contribution >= 4 is 45.3 Å². The smallest absolute Gasteiger partial charge is 0.317 e. The Hall–Kier alpha value is -1.67. The Bertz CT molecular complexity index is 643. The molecule has 19 heavy (non-hydrogen) atoms. The largest absolute Gasteiger partial charge is 0.481 e. The molecule has 0 saturated heterocycles. The molecule has 2 N–H and O–H groups in total. The number of carboxylic acids is 2. The van der Waals surface area contributed by atoms with E-state index in [0.29, 0.717) is 9.04 Å². The van der Waals surface area contributed by atoms with Crippen molar-refractivity contribution < 1.29 is 24.2 Å². The van der Waals surface area contributed by atoms with Crippen LogP contribution in [-0.4, -0.2) is 32.4 Å². The van der Waals surface area contributed by atoms with Gasteiger partial charge in [-0.2, -0.15) is 0 Å². The highest BCUT2D eigenvalue weighted by Crippen LogP contribution is 2.34. The van der Waals surface area contributed by atoms with Crippen molar-refractivity contribution in [2.24, 2.45) is 0 Å². The summed E-state index contributed by atoms with van der Waals surface area (Å²) in [6.07, 6.45) is -0.515. The van der Waals surface area contributed by atoms with Crippen molar-refractivity contribution in [3.05, 3.63) is 24.0 Å². The van der Waals surface area contributed by atoms with Crippen LogP contribution in [0, 0.1) is 5.82 Å². The lowest BCUT2D eigenvalue weighted by Gasteiger charge is -2.06. The average molecular weight is 301 g/mol. The molecule has 0 aliphatic rings. The fraction of sp³-hybridized carbons (Fsp3) is 0.182. The normalized spacial score (nSPS) is 12.5. The number of carboxylic acid groups (broad SMARTS) is 2. The first-order valence-electron chi connectivity index (χ1n) is 5.13. The van der Waals surface area contributed by atoms with E-state index in [1.54, 1.807) is 6.07 Å². The van der Waals surface area contributed by atoms with Crippen molar-refractivity contribution in [1.29, 1.82) is 0 Å². The van der Waals surface area contributed by atoms with Crippen LogP contribution in [0.1, 0.15) is 6.42 Å². The zero-order valence-corrected chi connectivity index (χ0v) is 11.0. The van der Waals surface area contributed by atoms with E-state index in [1.807, 2.05) is 0 Å². The Labute approximate surface area is 115 Å². The van der Waals surface area contributed by atoms with Gasteiger partial charge in [-0.15, -0.1) is 11.3 Å². The highest BCUT2D eigenvalue weighted by molar-refractivity contribution is 8.02. The molecule has 0 aliphatic heterocycles. The van der Waals surface area contributed by atoms with Crippen LogP contribution in [0.5, 0.6) is 0 Å². The Morgan fingerprint density at radius 1 is 1.42 bits per heavy atom. The molecule has 2 aromatic rings. The molecule has 1 unspecified atom stereocenters. The summed E-state index contributed by atoms with van der Waals surface area (Å²) in [7, 11) is 0. The number of aromatic nitrogens is 1. The van der Waals surface area contributed by atoms with Crippen LogP contribution in [0.4, 0.5) is 4.39 Å². The molecule has 100 valence electrons. The molecule has 0 saturated carbocycles. The number of rotatable bonds is 5. The van der Waals surface area contributed by atoms with Crippen molar-refractivity contribution in [2.75, 3.05) is 0 Å². The van der Waals surface area contributed by atoms with Gasteiger partial charge in [0.1, 0.15) is 16.6 Å². The average Bonchev–Trinajstić information content (AvgIpc) is 2.71. The van der Waals surface area contributed by atoms with E-state index in [2.05, 4.69) is 4.98 Å². The lowest BCUT2D eigenvalue weighted by atomic mass is 10.3. The van der Waals surface area contributed by atoms with Crippen LogP contribution in [0.2, 0.25) is 0 Å². The highest BCUT2D eigenvalue weighted by atomic mass is 32.2. The van der Waals surface area contributed by atoms with E-state index >= 15 is 0 Å². The lowest BCUT2D eigenvalue weighted by molar-refractivity contribution is -0.142. The molecule has 1 aromatic carbocycles. The van der Waals surface area contributed by atoms with Gasteiger partial charge in [0.15, 0.2) is 4.34 Å². The lowest BCUT2D eigenvalue weighted by Crippen LogP contribution is -2.20. The van der Waals surface area contributed by atoms with Gasteiger partial charge in [-0.1, -0.05) is 17.8 Å². The fourth-order valence-corrected chi connectivity index (χ4v) is 3.64. The van der Waals surface area contributed by atoms with Crippen LogP contribution in [0.3, 0.4) is 0 Å². The third-order valence-electron chi connectivity index (χ3n) is 2.23. The van der Waals surface area contributed by atoms with Gasteiger partial charge in [0.2, 0.25) is 0 Å². The topological polar surface area (TPSA) is 87.5 Å². The SMILES string of the molecule is O=C(O)CC(Sc1nc2c(F)cccc2s1)C(=O)O. The number of hydrogen-bond acceptors (Lipinski definition) is 5. The first-order chi connectivity index (χ1) is 8.97. The number of aliphatic carboxylic acids is 2. The standard InChI is InChI=1S/C11H8FNO4S2/c12-5-2-1-3-6-9(5)13-11(18-6)19-7(10(16)17)4-8(14)15/h1-3,7H,4H2,(H,14,15)(H,16,17). The molecule has 2 rings (SSSR count). The number of fused-ring (bicyclic) bond motifs is 1. The number of nitrogens with zero attached hydrogens (tertiary/aromatic N) is 1. The quantitative estimate of drug-likeness (QED) is 0.825. The Morgan fingerprint density at radius 3 is 2.74 bits per heavy atom. The molecular weight excluding hydrogens is 293 g/mol. The second-order valence-electron chi connectivity index (χ2n) is 3.61. The van der Waals surface area contributed by atoms with Gasteiger partial charge in [0, 0.05) is 0 Å². The number of halogens is 1. The van der Waals surface area contributed by atoms with E-state index in [9.17, 15) is 14.0 Å². The monoisotopic (exact) mass is 301 g/mol. The van der Waals surface area contributed by atoms with Crippen LogP contribution < -0.4 is 0 Å². The molecule has 5 nitrogen and oxygen atoms in total. The molecule has 1 aromatic heterocycles. The molecule has 0 bridgehead atoms. The van der Waals surface area contributed by atoms with Crippen LogP contribution in [0.15, 0.2) is 22.5 Å². The summed E-state index contributed by atoms with van der Waals surface area (Å²) in [5.41, 5.74) is 0.175. The Kier molecular flexibility index (Phi) is 4.01. The van der Waals surface area contributed by atoms with E-state index < -0.39 is 29.4 Å². The van der Waals surface area contributed by atoms with Crippen LogP contribution >= 0.6 is 23.1 Å². The fourth-order valence-electron chi connectivity index (χ4n) is 1.40. The van der Waals surface area contributed by atoms with Crippen LogP contribution in [-0.2, 0) is 9.59 Å². The Morgan fingerprint density at radius 2 is 2.16 bits per heavy atom. The van der Waals surface area contributed by atoms with Crippen molar-refractivity contribution in [3.8, 4) is 0 Å². The Balaban J connectivity index is 2.26. The maximum absolute atomic E-state index is 13.4. The van der Waals surface area contributed by atoms with Gasteiger partial charge < -0.3 is 10.2 Å². The number of para-hydroxylation sites is 1. The predicted molar refractivity (Wildman–Crippen MR) is 69.1 cm³/mol.